The van der Waals surface area contributed by atoms with Gasteiger partial charge in [-0.1, -0.05) is 106 Å². The van der Waals surface area contributed by atoms with Gasteiger partial charge in [0.1, 0.15) is 0 Å². The van der Waals surface area contributed by atoms with Gasteiger partial charge in [0.2, 0.25) is 11.7 Å². The molecule has 1 amide bonds. The summed E-state index contributed by atoms with van der Waals surface area (Å²) in [5, 5.41) is 3.90. The fourth-order valence-electron chi connectivity index (χ4n) is 7.07. The van der Waals surface area contributed by atoms with Crippen molar-refractivity contribution in [2.24, 2.45) is 11.8 Å². The van der Waals surface area contributed by atoms with Crippen molar-refractivity contribution in [2.45, 2.75) is 91.0 Å². The monoisotopic (exact) mass is 672 g/mol. The summed E-state index contributed by atoms with van der Waals surface area (Å²) in [7, 11) is 0. The Kier molecular flexibility index (Phi) is 12.1. The van der Waals surface area contributed by atoms with E-state index in [0.717, 1.165) is 50.7 Å². The second kappa shape index (κ2) is 16.7. The molecule has 4 atom stereocenters. The van der Waals surface area contributed by atoms with E-state index in [0.29, 0.717) is 19.3 Å². The average molecular weight is 673 g/mol. The number of Topliss-reactive ketones (excluding diaryl/α,β-unsaturated/α-hetero) is 4. The van der Waals surface area contributed by atoms with Crippen LogP contribution in [0.1, 0.15) is 94.4 Å². The Balaban J connectivity index is 1.32. The molecule has 1 aliphatic rings. The maximum atomic E-state index is 14.1. The van der Waals surface area contributed by atoms with E-state index in [-0.39, 0.29) is 43.2 Å². The Labute approximate surface area is 294 Å². The van der Waals surface area contributed by atoms with Crippen molar-refractivity contribution in [3.63, 3.8) is 0 Å². The molecule has 1 aromatic heterocycles. The maximum Gasteiger partial charge on any atom is 0.223 e. The number of carbonyl (C=O) groups is 5. The molecule has 1 heterocycles. The third-order valence-electron chi connectivity index (χ3n) is 10.2. The Hall–Kier alpha value is -4.91. The highest BCUT2D eigenvalue weighted by atomic mass is 16.2. The molecule has 0 fully saturated rings. The molecule has 0 radical (unpaired) electrons. The second-order valence-corrected chi connectivity index (χ2v) is 13.9. The normalized spacial score (nSPS) is 14.9. The van der Waals surface area contributed by atoms with Gasteiger partial charge < -0.3 is 10.3 Å². The fourth-order valence-corrected chi connectivity index (χ4v) is 7.07. The second-order valence-electron chi connectivity index (χ2n) is 13.9. The third kappa shape index (κ3) is 8.62. The van der Waals surface area contributed by atoms with Crippen LogP contribution >= 0.6 is 0 Å². The van der Waals surface area contributed by atoms with Gasteiger partial charge in [0, 0.05) is 66.6 Å². The minimum Gasteiger partial charge on any atom is -0.361 e. The maximum absolute atomic E-state index is 14.1. The number of benzene rings is 3. The Morgan fingerprint density at radius 3 is 2.28 bits per heavy atom. The molecule has 260 valence electrons. The predicted octanol–water partition coefficient (Wildman–Crippen LogP) is 7.92. The smallest absolute Gasteiger partial charge is 0.223 e. The summed E-state index contributed by atoms with van der Waals surface area (Å²) in [5.74, 6) is -3.34. The Bertz CT molecular complexity index is 1900. The number of hydrogen-bond acceptors (Lipinski definition) is 5. The first-order valence-electron chi connectivity index (χ1n) is 17.9. The molecule has 5 rings (SSSR count). The van der Waals surface area contributed by atoms with Crippen LogP contribution < -0.4 is 5.32 Å². The van der Waals surface area contributed by atoms with E-state index in [9.17, 15) is 24.0 Å². The highest BCUT2D eigenvalue weighted by molar-refractivity contribution is 6.38. The summed E-state index contributed by atoms with van der Waals surface area (Å²) >= 11 is 0. The number of hydrogen-bond donors (Lipinski definition) is 2. The lowest BCUT2D eigenvalue weighted by Crippen LogP contribution is -2.46. The van der Waals surface area contributed by atoms with Crippen LogP contribution in [0, 0.1) is 11.8 Å². The summed E-state index contributed by atoms with van der Waals surface area (Å²) in [6, 6.07) is 24.4. The Morgan fingerprint density at radius 2 is 1.54 bits per heavy atom. The zero-order valence-electron chi connectivity index (χ0n) is 29.6. The number of fused-ring (bicyclic) bond motifs is 2. The van der Waals surface area contributed by atoms with Crippen LogP contribution in [0.25, 0.3) is 16.5 Å². The lowest BCUT2D eigenvalue weighted by atomic mass is 9.84. The number of H-pyrrole nitrogens is 1. The number of carbonyl (C=O) groups excluding carboxylic acids is 5. The molecule has 2 N–H and O–H groups in total. The van der Waals surface area contributed by atoms with E-state index >= 15 is 0 Å². The van der Waals surface area contributed by atoms with Gasteiger partial charge in [0.05, 0.1) is 6.04 Å². The van der Waals surface area contributed by atoms with Crippen LogP contribution in [0.4, 0.5) is 0 Å². The standard InChI is InChI=1S/C43H48N2O5/c1-5-6-14-32(42(49)41(48)21-27(2)30-15-8-7-9-16-30)25-40(47)38(24-33-26-44-37-20-13-12-19-35(33)37)45-43(50)28(3)22-39(46)36-23-31-17-10-11-18-34(31)29(36)4/h7-13,15-20,26-28,32,38,44H,5-6,14,21-25H2,1-4H3,(H,45,50)/t27-,28+,32+,38-/m0/s1. The topological polar surface area (TPSA) is 113 Å². The van der Waals surface area contributed by atoms with Gasteiger partial charge in [-0.05, 0) is 53.2 Å². The molecule has 0 aliphatic heterocycles. The first kappa shape index (κ1) is 36.4. The van der Waals surface area contributed by atoms with Gasteiger partial charge in [-0.15, -0.1) is 0 Å². The summed E-state index contributed by atoms with van der Waals surface area (Å²) in [4.78, 5) is 71.4. The minimum absolute atomic E-state index is 0.0200. The number of unbranched alkanes of at least 4 members (excludes halogenated alkanes) is 1. The van der Waals surface area contributed by atoms with Crippen LogP contribution in [-0.4, -0.2) is 40.1 Å². The summed E-state index contributed by atoms with van der Waals surface area (Å²) in [6.07, 6.45) is 4.48. The number of rotatable bonds is 18. The minimum atomic E-state index is -0.939. The molecular weight excluding hydrogens is 624 g/mol. The van der Waals surface area contributed by atoms with Crippen LogP contribution in [-0.2, 0) is 36.8 Å². The van der Waals surface area contributed by atoms with Crippen molar-refractivity contribution in [3.05, 3.63) is 113 Å². The Morgan fingerprint density at radius 1 is 0.840 bits per heavy atom. The molecule has 1 aliphatic carbocycles. The summed E-state index contributed by atoms with van der Waals surface area (Å²) < 4.78 is 0. The van der Waals surface area contributed by atoms with Crippen LogP contribution in [0.3, 0.4) is 0 Å². The molecule has 0 saturated carbocycles. The molecule has 7 heteroatoms. The van der Waals surface area contributed by atoms with E-state index < -0.39 is 35.4 Å². The van der Waals surface area contributed by atoms with Crippen molar-refractivity contribution in [3.8, 4) is 0 Å². The average Bonchev–Trinajstić information content (AvgIpc) is 3.70. The zero-order valence-corrected chi connectivity index (χ0v) is 29.6. The van der Waals surface area contributed by atoms with E-state index in [2.05, 4.69) is 10.3 Å². The van der Waals surface area contributed by atoms with Crippen molar-refractivity contribution in [2.75, 3.05) is 0 Å². The SMILES string of the molecule is CCCC[C@H](CC(=O)[C@H](Cc1c[nH]c2ccccc12)NC(=O)[C@H](C)CC(=O)C1=C(C)c2ccccc2C1)C(=O)C(=O)C[C@H](C)c1ccccc1. The molecule has 50 heavy (non-hydrogen) atoms. The highest BCUT2D eigenvalue weighted by Gasteiger charge is 2.33. The van der Waals surface area contributed by atoms with E-state index in [4.69, 9.17) is 0 Å². The zero-order chi connectivity index (χ0) is 35.8. The van der Waals surface area contributed by atoms with Gasteiger partial charge >= 0.3 is 0 Å². The number of amides is 1. The van der Waals surface area contributed by atoms with Gasteiger partial charge in [0.25, 0.3) is 0 Å². The number of allylic oxidation sites excluding steroid dienone is 2. The largest absolute Gasteiger partial charge is 0.361 e. The van der Waals surface area contributed by atoms with Gasteiger partial charge in [-0.3, -0.25) is 24.0 Å². The van der Waals surface area contributed by atoms with Gasteiger partial charge in [-0.2, -0.15) is 0 Å². The summed E-state index contributed by atoms with van der Waals surface area (Å²) in [6.45, 7) is 7.59. The van der Waals surface area contributed by atoms with Crippen LogP contribution in [0.15, 0.2) is 90.6 Å². The quantitative estimate of drug-likeness (QED) is 0.104. The number of para-hydroxylation sites is 1. The van der Waals surface area contributed by atoms with Crippen molar-refractivity contribution >= 4 is 45.5 Å². The van der Waals surface area contributed by atoms with E-state index in [1.165, 1.54) is 0 Å². The van der Waals surface area contributed by atoms with E-state index in [1.54, 1.807) is 6.92 Å². The molecule has 0 unspecified atom stereocenters. The summed E-state index contributed by atoms with van der Waals surface area (Å²) in [5.41, 5.74) is 6.59. The van der Waals surface area contributed by atoms with Gasteiger partial charge in [0.15, 0.2) is 17.3 Å². The predicted molar refractivity (Wildman–Crippen MR) is 198 cm³/mol. The van der Waals surface area contributed by atoms with Crippen LogP contribution in [0.5, 0.6) is 0 Å². The molecule has 4 aromatic rings. The fraction of sp³-hybridized carbons (Fsp3) is 0.372. The van der Waals surface area contributed by atoms with Crippen LogP contribution in [0.2, 0.25) is 0 Å². The first-order valence-corrected chi connectivity index (χ1v) is 17.9. The molecule has 3 aromatic carbocycles. The molecule has 0 saturated heterocycles. The number of aromatic amines is 1. The lowest BCUT2D eigenvalue weighted by Gasteiger charge is -2.23. The van der Waals surface area contributed by atoms with Gasteiger partial charge in [-0.25, -0.2) is 0 Å². The van der Waals surface area contributed by atoms with Crippen molar-refractivity contribution < 1.29 is 24.0 Å². The third-order valence-corrected chi connectivity index (χ3v) is 10.2. The molecular formula is C43H48N2O5. The highest BCUT2D eigenvalue weighted by Crippen LogP contribution is 2.34. The molecule has 7 nitrogen and oxygen atoms in total. The number of nitrogens with one attached hydrogen (secondary N) is 2. The molecule has 0 spiro atoms. The number of aromatic nitrogens is 1. The van der Waals surface area contributed by atoms with Crippen molar-refractivity contribution in [1.29, 1.82) is 0 Å². The number of ketones is 4. The van der Waals surface area contributed by atoms with Crippen molar-refractivity contribution in [1.82, 2.24) is 10.3 Å². The molecule has 0 bridgehead atoms. The first-order chi connectivity index (χ1) is 24.1. The lowest BCUT2D eigenvalue weighted by molar-refractivity contribution is -0.140. The van der Waals surface area contributed by atoms with E-state index in [1.807, 2.05) is 106 Å².